The van der Waals surface area contributed by atoms with Crippen LogP contribution in [0.15, 0.2) is 41.7 Å². The van der Waals surface area contributed by atoms with E-state index < -0.39 is 0 Å². The Morgan fingerprint density at radius 1 is 1.32 bits per heavy atom. The van der Waals surface area contributed by atoms with Gasteiger partial charge >= 0.3 is 0 Å². The number of nitrogens with one attached hydrogen (secondary N) is 2. The quantitative estimate of drug-likeness (QED) is 0.628. The Labute approximate surface area is 144 Å². The molecule has 0 aromatic carbocycles. The zero-order valence-electron chi connectivity index (χ0n) is 14.1. The molecule has 130 valence electrons. The number of anilines is 3. The minimum Gasteiger partial charge on any atom is -0.394 e. The lowest BCUT2D eigenvalue weighted by Gasteiger charge is -2.16. The third-order valence-corrected chi connectivity index (χ3v) is 3.78. The van der Waals surface area contributed by atoms with Crippen LogP contribution < -0.4 is 16.2 Å². The monoisotopic (exact) mass is 340 g/mol. The van der Waals surface area contributed by atoms with Crippen molar-refractivity contribution in [3.8, 4) is 0 Å². The summed E-state index contributed by atoms with van der Waals surface area (Å²) in [5.74, 6) is 1.52. The van der Waals surface area contributed by atoms with Crippen molar-refractivity contribution in [2.75, 3.05) is 17.2 Å². The lowest BCUT2D eigenvalue weighted by molar-refractivity contribution is 0.281. The first-order chi connectivity index (χ1) is 12.1. The molecule has 8 nitrogen and oxygen atoms in total. The summed E-state index contributed by atoms with van der Waals surface area (Å²) in [5, 5.41) is 16.8. The summed E-state index contributed by atoms with van der Waals surface area (Å²) >= 11 is 0. The number of aliphatic hydroxyl groups excluding tert-OH is 1. The highest BCUT2D eigenvalue weighted by molar-refractivity contribution is 5.93. The maximum atomic E-state index is 12.7. The van der Waals surface area contributed by atoms with Gasteiger partial charge in [-0.05, 0) is 31.4 Å². The number of pyridine rings is 2. The lowest BCUT2D eigenvalue weighted by Crippen LogP contribution is -2.24. The molecule has 0 saturated carbocycles. The Bertz CT molecular complexity index is 926. The van der Waals surface area contributed by atoms with Crippen molar-refractivity contribution >= 4 is 28.2 Å². The predicted molar refractivity (Wildman–Crippen MR) is 97.2 cm³/mol. The molecular weight excluding hydrogens is 320 g/mol. The Morgan fingerprint density at radius 3 is 2.84 bits per heavy atom. The fraction of sp³-hybridized carbons (Fsp3) is 0.294. The summed E-state index contributed by atoms with van der Waals surface area (Å²) in [7, 11) is 0. The minimum absolute atomic E-state index is 0.0697. The standard InChI is InChI=1S/C17H20N6O2/c1-3-23-7-4-12-8-13(21-14-9-18-5-6-19-14)22-16(15(12)17(23)25)20-11(2)10-24/h4-9,11,24H,3,10H2,1-2H3,(H2,19,20,21,22)/t11-/m1/s1. The number of hydrogen-bond donors (Lipinski definition) is 3. The number of aromatic nitrogens is 4. The first kappa shape index (κ1) is 16.8. The molecule has 0 amide bonds. The van der Waals surface area contributed by atoms with Gasteiger partial charge in [0.25, 0.3) is 5.56 Å². The van der Waals surface area contributed by atoms with Gasteiger partial charge in [-0.2, -0.15) is 0 Å². The van der Waals surface area contributed by atoms with Crippen molar-refractivity contribution in [2.24, 2.45) is 0 Å². The Morgan fingerprint density at radius 2 is 2.16 bits per heavy atom. The van der Waals surface area contributed by atoms with Crippen LogP contribution in [0, 0.1) is 0 Å². The number of rotatable bonds is 6. The highest BCUT2D eigenvalue weighted by Crippen LogP contribution is 2.24. The van der Waals surface area contributed by atoms with Crippen molar-refractivity contribution in [3.05, 3.63) is 47.3 Å². The van der Waals surface area contributed by atoms with Crippen LogP contribution in [0.5, 0.6) is 0 Å². The lowest BCUT2D eigenvalue weighted by atomic mass is 10.2. The Hall–Kier alpha value is -3.00. The summed E-state index contributed by atoms with van der Waals surface area (Å²) < 4.78 is 1.62. The topological polar surface area (TPSA) is 105 Å². The Kier molecular flexibility index (Phi) is 4.90. The summed E-state index contributed by atoms with van der Waals surface area (Å²) in [4.78, 5) is 25.4. The van der Waals surface area contributed by atoms with E-state index in [1.807, 2.05) is 19.9 Å². The van der Waals surface area contributed by atoms with E-state index in [4.69, 9.17) is 0 Å². The zero-order chi connectivity index (χ0) is 17.8. The SMILES string of the molecule is CCn1ccc2cc(Nc3cnccn3)nc(N[C@H](C)CO)c2c1=O. The molecule has 0 aliphatic carbocycles. The van der Waals surface area contributed by atoms with Gasteiger partial charge in [0, 0.05) is 31.2 Å². The molecule has 0 fully saturated rings. The molecule has 1 atom stereocenters. The second-order valence-corrected chi connectivity index (χ2v) is 5.67. The van der Waals surface area contributed by atoms with Gasteiger partial charge in [-0.25, -0.2) is 9.97 Å². The molecule has 8 heteroatoms. The van der Waals surface area contributed by atoms with Gasteiger partial charge < -0.3 is 20.3 Å². The molecule has 25 heavy (non-hydrogen) atoms. The van der Waals surface area contributed by atoms with Crippen LogP contribution >= 0.6 is 0 Å². The molecule has 0 radical (unpaired) electrons. The van der Waals surface area contributed by atoms with Crippen LogP contribution in [0.25, 0.3) is 10.8 Å². The van der Waals surface area contributed by atoms with Crippen LogP contribution in [0.2, 0.25) is 0 Å². The maximum absolute atomic E-state index is 12.7. The van der Waals surface area contributed by atoms with Gasteiger partial charge in [0.05, 0.1) is 18.2 Å². The average molecular weight is 340 g/mol. The molecule has 3 heterocycles. The first-order valence-corrected chi connectivity index (χ1v) is 8.07. The zero-order valence-corrected chi connectivity index (χ0v) is 14.1. The van der Waals surface area contributed by atoms with Crippen LogP contribution in [-0.4, -0.2) is 37.3 Å². The van der Waals surface area contributed by atoms with E-state index in [-0.39, 0.29) is 18.2 Å². The molecule has 0 unspecified atom stereocenters. The maximum Gasteiger partial charge on any atom is 0.262 e. The fourth-order valence-corrected chi connectivity index (χ4v) is 2.49. The van der Waals surface area contributed by atoms with E-state index in [0.29, 0.717) is 29.4 Å². The van der Waals surface area contributed by atoms with Gasteiger partial charge in [0.1, 0.15) is 17.5 Å². The number of fused-ring (bicyclic) bond motifs is 1. The number of aryl methyl sites for hydroxylation is 1. The van der Waals surface area contributed by atoms with E-state index in [9.17, 15) is 9.90 Å². The molecule has 0 bridgehead atoms. The summed E-state index contributed by atoms with van der Waals surface area (Å²) in [6.45, 7) is 4.23. The molecule has 3 aromatic heterocycles. The first-order valence-electron chi connectivity index (χ1n) is 8.07. The third-order valence-electron chi connectivity index (χ3n) is 3.78. The van der Waals surface area contributed by atoms with Crippen LogP contribution in [-0.2, 0) is 6.54 Å². The number of hydrogen-bond acceptors (Lipinski definition) is 7. The highest BCUT2D eigenvalue weighted by Gasteiger charge is 2.13. The molecule has 3 N–H and O–H groups in total. The highest BCUT2D eigenvalue weighted by atomic mass is 16.3. The van der Waals surface area contributed by atoms with E-state index in [1.165, 1.54) is 0 Å². The Balaban J connectivity index is 2.13. The van der Waals surface area contributed by atoms with E-state index in [2.05, 4.69) is 25.6 Å². The molecule has 0 saturated heterocycles. The van der Waals surface area contributed by atoms with E-state index in [0.717, 1.165) is 5.39 Å². The number of aliphatic hydroxyl groups is 1. The second-order valence-electron chi connectivity index (χ2n) is 5.67. The van der Waals surface area contributed by atoms with Crippen LogP contribution in [0.3, 0.4) is 0 Å². The van der Waals surface area contributed by atoms with Crippen LogP contribution in [0.4, 0.5) is 17.5 Å². The largest absolute Gasteiger partial charge is 0.394 e. The summed E-state index contributed by atoms with van der Waals surface area (Å²) in [5.41, 5.74) is -0.119. The smallest absolute Gasteiger partial charge is 0.262 e. The van der Waals surface area contributed by atoms with Gasteiger partial charge in [0.2, 0.25) is 0 Å². The summed E-state index contributed by atoms with van der Waals surface area (Å²) in [6, 6.07) is 3.43. The van der Waals surface area contributed by atoms with E-state index in [1.54, 1.807) is 35.4 Å². The van der Waals surface area contributed by atoms with Gasteiger partial charge in [-0.3, -0.25) is 9.78 Å². The molecule has 0 aliphatic heterocycles. The average Bonchev–Trinajstić information content (AvgIpc) is 2.62. The van der Waals surface area contributed by atoms with Gasteiger partial charge in [0.15, 0.2) is 0 Å². The fourth-order valence-electron chi connectivity index (χ4n) is 2.49. The molecule has 0 aliphatic rings. The third kappa shape index (κ3) is 3.58. The minimum atomic E-state index is -0.239. The normalized spacial score (nSPS) is 12.1. The molecule has 3 aromatic rings. The van der Waals surface area contributed by atoms with Crippen molar-refractivity contribution in [1.29, 1.82) is 0 Å². The van der Waals surface area contributed by atoms with Gasteiger partial charge in [-0.15, -0.1) is 0 Å². The van der Waals surface area contributed by atoms with Crippen molar-refractivity contribution in [2.45, 2.75) is 26.4 Å². The van der Waals surface area contributed by atoms with Crippen molar-refractivity contribution in [1.82, 2.24) is 19.5 Å². The van der Waals surface area contributed by atoms with E-state index >= 15 is 0 Å². The molecular formula is C17H20N6O2. The van der Waals surface area contributed by atoms with Crippen molar-refractivity contribution in [3.63, 3.8) is 0 Å². The van der Waals surface area contributed by atoms with Crippen molar-refractivity contribution < 1.29 is 5.11 Å². The van der Waals surface area contributed by atoms with Gasteiger partial charge in [-0.1, -0.05) is 0 Å². The second kappa shape index (κ2) is 7.27. The van der Waals surface area contributed by atoms with Crippen LogP contribution in [0.1, 0.15) is 13.8 Å². The summed E-state index contributed by atoms with van der Waals surface area (Å²) in [6.07, 6.45) is 6.51. The molecule has 0 spiro atoms. The number of nitrogens with zero attached hydrogens (tertiary/aromatic N) is 4. The molecule has 3 rings (SSSR count). The predicted octanol–water partition coefficient (Wildman–Crippen LogP) is 1.74.